The smallest absolute Gasteiger partial charge is 0.0931 e. The fourth-order valence-electron chi connectivity index (χ4n) is 1.98. The van der Waals surface area contributed by atoms with Gasteiger partial charge in [0.25, 0.3) is 0 Å². The molecule has 0 bridgehead atoms. The number of aliphatic hydroxyl groups excluding tert-OH is 1. The molecule has 3 heteroatoms. The summed E-state index contributed by atoms with van der Waals surface area (Å²) in [5, 5.41) is 10.2. The number of hydrogen-bond acceptors (Lipinski definition) is 2. The lowest BCUT2D eigenvalue weighted by Gasteiger charge is -2.20. The summed E-state index contributed by atoms with van der Waals surface area (Å²) in [7, 11) is 0. The van der Waals surface area contributed by atoms with Crippen molar-refractivity contribution in [3.05, 3.63) is 56.7 Å². The summed E-state index contributed by atoms with van der Waals surface area (Å²) in [5.41, 5.74) is 2.38. The number of hydrogen-bond donors (Lipinski definition) is 1. The highest BCUT2D eigenvalue weighted by Gasteiger charge is 2.15. The molecule has 0 radical (unpaired) electrons. The minimum absolute atomic E-state index is 0.144. The van der Waals surface area contributed by atoms with Gasteiger partial charge < -0.3 is 5.11 Å². The molecular formula is C16H19ClOS. The van der Waals surface area contributed by atoms with Crippen LogP contribution in [0.15, 0.2) is 36.4 Å². The molecule has 0 spiro atoms. The maximum atomic E-state index is 10.2. The van der Waals surface area contributed by atoms with E-state index < -0.39 is 6.10 Å². The largest absolute Gasteiger partial charge is 0.388 e. The fourth-order valence-corrected chi connectivity index (χ4v) is 3.10. The molecule has 0 amide bonds. The van der Waals surface area contributed by atoms with E-state index in [2.05, 4.69) is 32.9 Å². The van der Waals surface area contributed by atoms with Gasteiger partial charge in [-0.15, -0.1) is 11.3 Å². The second-order valence-corrected chi connectivity index (χ2v) is 7.60. The van der Waals surface area contributed by atoms with E-state index in [1.165, 1.54) is 16.9 Å². The van der Waals surface area contributed by atoms with Crippen molar-refractivity contribution in [2.24, 2.45) is 0 Å². The van der Waals surface area contributed by atoms with Gasteiger partial charge in [0.2, 0.25) is 0 Å². The number of aliphatic hydroxyl groups is 1. The Morgan fingerprint density at radius 3 is 2.21 bits per heavy atom. The van der Waals surface area contributed by atoms with Crippen LogP contribution in [-0.2, 0) is 11.8 Å². The van der Waals surface area contributed by atoms with Crippen molar-refractivity contribution in [2.75, 3.05) is 0 Å². The molecule has 0 saturated heterocycles. The predicted octanol–water partition coefficient (Wildman–Crippen LogP) is 4.98. The molecule has 1 unspecified atom stereocenters. The third kappa shape index (κ3) is 3.82. The number of halogens is 1. The second kappa shape index (κ2) is 5.66. The molecule has 0 aliphatic heterocycles. The average molecular weight is 295 g/mol. The van der Waals surface area contributed by atoms with Crippen LogP contribution >= 0.6 is 22.9 Å². The average Bonchev–Trinajstić information content (AvgIpc) is 2.74. The maximum Gasteiger partial charge on any atom is 0.0931 e. The molecule has 19 heavy (non-hydrogen) atoms. The van der Waals surface area contributed by atoms with Gasteiger partial charge in [0.15, 0.2) is 0 Å². The number of benzene rings is 1. The van der Waals surface area contributed by atoms with E-state index in [0.29, 0.717) is 6.42 Å². The summed E-state index contributed by atoms with van der Waals surface area (Å²) >= 11 is 7.42. The first-order valence-corrected chi connectivity index (χ1v) is 7.58. The predicted molar refractivity (Wildman–Crippen MR) is 83.1 cm³/mol. The maximum absolute atomic E-state index is 10.2. The lowest BCUT2D eigenvalue weighted by molar-refractivity contribution is 0.179. The van der Waals surface area contributed by atoms with Gasteiger partial charge in [-0.3, -0.25) is 0 Å². The van der Waals surface area contributed by atoms with Crippen LogP contribution in [0.25, 0.3) is 0 Å². The Morgan fingerprint density at radius 2 is 1.74 bits per heavy atom. The summed E-state index contributed by atoms with van der Waals surface area (Å²) in [5.74, 6) is 0. The van der Waals surface area contributed by atoms with Crippen molar-refractivity contribution in [3.63, 3.8) is 0 Å². The Balaban J connectivity index is 2.09. The minimum Gasteiger partial charge on any atom is -0.388 e. The summed E-state index contributed by atoms with van der Waals surface area (Å²) < 4.78 is 0.769. The molecule has 1 aromatic carbocycles. The van der Waals surface area contributed by atoms with Crippen molar-refractivity contribution in [1.29, 1.82) is 0 Å². The summed E-state index contributed by atoms with van der Waals surface area (Å²) in [4.78, 5) is 1.11. The van der Waals surface area contributed by atoms with Crippen LogP contribution in [0.3, 0.4) is 0 Å². The summed E-state index contributed by atoms with van der Waals surface area (Å²) in [6.07, 6.45) is 0.149. The second-order valence-electron chi connectivity index (χ2n) is 5.80. The van der Waals surface area contributed by atoms with Gasteiger partial charge in [-0.2, -0.15) is 0 Å². The van der Waals surface area contributed by atoms with Crippen molar-refractivity contribution in [3.8, 4) is 0 Å². The van der Waals surface area contributed by atoms with E-state index in [9.17, 15) is 5.11 Å². The van der Waals surface area contributed by atoms with Crippen molar-refractivity contribution < 1.29 is 5.11 Å². The zero-order valence-corrected chi connectivity index (χ0v) is 13.1. The first kappa shape index (κ1) is 14.6. The van der Waals surface area contributed by atoms with Gasteiger partial charge in [-0.05, 0) is 28.7 Å². The Morgan fingerprint density at radius 1 is 1.11 bits per heavy atom. The third-order valence-corrected chi connectivity index (χ3v) is 4.44. The first-order valence-electron chi connectivity index (χ1n) is 6.39. The Hall–Kier alpha value is -0.830. The Bertz CT molecular complexity index is 537. The van der Waals surface area contributed by atoms with E-state index in [-0.39, 0.29) is 5.41 Å². The van der Waals surface area contributed by atoms with Crippen molar-refractivity contribution in [2.45, 2.75) is 38.7 Å². The highest BCUT2D eigenvalue weighted by atomic mass is 35.5. The van der Waals surface area contributed by atoms with E-state index in [0.717, 1.165) is 14.8 Å². The van der Waals surface area contributed by atoms with Crippen LogP contribution in [0.5, 0.6) is 0 Å². The Labute approximate surface area is 123 Å². The van der Waals surface area contributed by atoms with Gasteiger partial charge in [0.05, 0.1) is 10.4 Å². The van der Waals surface area contributed by atoms with Crippen LogP contribution < -0.4 is 0 Å². The number of rotatable bonds is 3. The molecule has 2 rings (SSSR count). The molecule has 1 heterocycles. The van der Waals surface area contributed by atoms with Crippen LogP contribution in [0.2, 0.25) is 4.34 Å². The molecule has 0 aliphatic rings. The molecule has 1 aromatic heterocycles. The molecule has 1 nitrogen and oxygen atoms in total. The van der Waals surface area contributed by atoms with Crippen LogP contribution in [-0.4, -0.2) is 5.11 Å². The highest BCUT2D eigenvalue weighted by molar-refractivity contribution is 7.16. The fraction of sp³-hybridized carbons (Fsp3) is 0.375. The molecule has 1 N–H and O–H groups in total. The van der Waals surface area contributed by atoms with Crippen molar-refractivity contribution >= 4 is 22.9 Å². The molecule has 0 saturated carbocycles. The lowest BCUT2D eigenvalue weighted by atomic mass is 9.86. The van der Waals surface area contributed by atoms with Gasteiger partial charge in [0, 0.05) is 11.3 Å². The minimum atomic E-state index is -0.469. The quantitative estimate of drug-likeness (QED) is 0.847. The summed E-state index contributed by atoms with van der Waals surface area (Å²) in [6, 6.07) is 12.1. The highest BCUT2D eigenvalue weighted by Crippen LogP contribution is 2.28. The zero-order chi connectivity index (χ0) is 14.0. The topological polar surface area (TPSA) is 20.2 Å². The van der Waals surface area contributed by atoms with E-state index in [1.807, 2.05) is 24.3 Å². The molecule has 0 aliphatic carbocycles. The van der Waals surface area contributed by atoms with Crippen LogP contribution in [0, 0.1) is 0 Å². The lowest BCUT2D eigenvalue weighted by Crippen LogP contribution is -2.11. The third-order valence-electron chi connectivity index (χ3n) is 3.18. The van der Waals surface area contributed by atoms with Crippen molar-refractivity contribution in [1.82, 2.24) is 0 Å². The molecule has 102 valence electrons. The number of thiophene rings is 1. The first-order chi connectivity index (χ1) is 8.86. The van der Waals surface area contributed by atoms with Crippen LogP contribution in [0.4, 0.5) is 0 Å². The zero-order valence-electron chi connectivity index (χ0n) is 11.5. The Kier molecular flexibility index (Phi) is 4.34. The van der Waals surface area contributed by atoms with Gasteiger partial charge >= 0.3 is 0 Å². The van der Waals surface area contributed by atoms with Crippen LogP contribution in [0.1, 0.15) is 42.9 Å². The SMILES string of the molecule is CC(C)(C)c1ccc(C(O)Cc2ccc(Cl)s2)cc1. The van der Waals surface area contributed by atoms with E-state index >= 15 is 0 Å². The monoisotopic (exact) mass is 294 g/mol. The normalized spacial score (nSPS) is 13.5. The van der Waals surface area contributed by atoms with E-state index in [1.54, 1.807) is 0 Å². The molecule has 2 aromatic rings. The van der Waals surface area contributed by atoms with E-state index in [4.69, 9.17) is 11.6 Å². The van der Waals surface area contributed by atoms with Gasteiger partial charge in [-0.25, -0.2) is 0 Å². The summed E-state index contributed by atoms with van der Waals surface area (Å²) in [6.45, 7) is 6.56. The standard InChI is InChI=1S/C16H19ClOS/c1-16(2,3)12-6-4-11(5-7-12)14(18)10-13-8-9-15(17)19-13/h4-9,14,18H,10H2,1-3H3. The molecule has 0 fully saturated rings. The molecule has 1 atom stereocenters. The van der Waals surface area contributed by atoms with Gasteiger partial charge in [-0.1, -0.05) is 56.6 Å². The van der Waals surface area contributed by atoms with Gasteiger partial charge in [0.1, 0.15) is 0 Å². The molecular weight excluding hydrogens is 276 g/mol.